The third-order valence-corrected chi connectivity index (χ3v) is 5.78. The minimum absolute atomic E-state index is 0.114. The Morgan fingerprint density at radius 1 is 1.09 bits per heavy atom. The minimum atomic E-state index is -1.15. The molecular weight excluding hydrogens is 402 g/mol. The number of amides is 1. The molecule has 0 bridgehead atoms. The van der Waals surface area contributed by atoms with Gasteiger partial charge in [0, 0.05) is 6.42 Å². The highest BCUT2D eigenvalue weighted by molar-refractivity contribution is 5.96. The lowest BCUT2D eigenvalue weighted by Gasteiger charge is -2.13. The van der Waals surface area contributed by atoms with E-state index < -0.39 is 5.97 Å². The second-order valence-corrected chi connectivity index (χ2v) is 8.98. The zero-order chi connectivity index (χ0) is 22.9. The second-order valence-electron chi connectivity index (χ2n) is 8.98. The molecule has 1 aliphatic rings. The largest absolute Gasteiger partial charge is 0.477 e. The number of hydrogen-bond acceptors (Lipinski definition) is 3. The van der Waals surface area contributed by atoms with E-state index in [9.17, 15) is 14.7 Å². The molecule has 1 amide bonds. The summed E-state index contributed by atoms with van der Waals surface area (Å²) in [5, 5.41) is 12.1. The van der Waals surface area contributed by atoms with Crippen LogP contribution in [0.25, 0.3) is 6.08 Å². The van der Waals surface area contributed by atoms with Crippen LogP contribution in [-0.4, -0.2) is 17.0 Å². The molecule has 2 N–H and O–H groups in total. The van der Waals surface area contributed by atoms with Crippen LogP contribution in [0.3, 0.4) is 0 Å². The molecule has 3 rings (SSSR count). The van der Waals surface area contributed by atoms with Crippen LogP contribution < -0.4 is 10.1 Å². The lowest BCUT2D eigenvalue weighted by molar-refractivity contribution is -0.134. The van der Waals surface area contributed by atoms with Gasteiger partial charge in [-0.1, -0.05) is 69.9 Å². The zero-order valence-corrected chi connectivity index (χ0v) is 19.0. The Labute approximate surface area is 190 Å². The van der Waals surface area contributed by atoms with Gasteiger partial charge in [0.2, 0.25) is 5.91 Å². The van der Waals surface area contributed by atoms with E-state index in [-0.39, 0.29) is 11.6 Å². The predicted octanol–water partition coefficient (Wildman–Crippen LogP) is 6.19. The minimum Gasteiger partial charge on any atom is -0.477 e. The quantitative estimate of drug-likeness (QED) is 0.436. The summed E-state index contributed by atoms with van der Waals surface area (Å²) in [4.78, 5) is 23.9. The number of hydrogen-bond donors (Lipinski definition) is 2. The van der Waals surface area contributed by atoms with Gasteiger partial charge in [-0.05, 0) is 60.1 Å². The fraction of sp³-hybridized carbons (Fsp3) is 0.407. The van der Waals surface area contributed by atoms with E-state index >= 15 is 0 Å². The van der Waals surface area contributed by atoms with Gasteiger partial charge in [0.1, 0.15) is 17.2 Å². The number of nitrogens with one attached hydrogen (secondary N) is 1. The van der Waals surface area contributed by atoms with E-state index in [2.05, 4.69) is 25.2 Å². The van der Waals surface area contributed by atoms with Crippen molar-refractivity contribution in [2.24, 2.45) is 11.8 Å². The number of carboxylic acid groups (broad SMARTS) is 1. The molecule has 2 aromatic rings. The van der Waals surface area contributed by atoms with Gasteiger partial charge < -0.3 is 15.2 Å². The third kappa shape index (κ3) is 7.26. The average Bonchev–Trinajstić information content (AvgIpc) is 3.28. The summed E-state index contributed by atoms with van der Waals surface area (Å²) < 4.78 is 6.06. The molecule has 32 heavy (non-hydrogen) atoms. The summed E-state index contributed by atoms with van der Waals surface area (Å²) in [6, 6.07) is 15.2. The van der Waals surface area contributed by atoms with Crippen LogP contribution in [0.15, 0.2) is 54.2 Å². The highest BCUT2D eigenvalue weighted by Gasteiger charge is 2.18. The van der Waals surface area contributed by atoms with E-state index in [0.29, 0.717) is 29.6 Å². The molecular formula is C27H33NO4. The fourth-order valence-corrected chi connectivity index (χ4v) is 4.14. The zero-order valence-electron chi connectivity index (χ0n) is 19.0. The van der Waals surface area contributed by atoms with Crippen molar-refractivity contribution in [2.45, 2.75) is 58.8 Å². The molecule has 170 valence electrons. The van der Waals surface area contributed by atoms with Crippen LogP contribution in [0.5, 0.6) is 11.5 Å². The molecule has 0 atom stereocenters. The van der Waals surface area contributed by atoms with E-state index in [0.717, 1.165) is 24.2 Å². The summed E-state index contributed by atoms with van der Waals surface area (Å²) in [5.41, 5.74) is 1.72. The first-order valence-electron chi connectivity index (χ1n) is 11.5. The molecule has 1 saturated carbocycles. The molecule has 0 aliphatic heterocycles. The van der Waals surface area contributed by atoms with Crippen LogP contribution >= 0.6 is 0 Å². The lowest BCUT2D eigenvalue weighted by Crippen LogP contribution is -2.27. The third-order valence-electron chi connectivity index (χ3n) is 5.78. The van der Waals surface area contributed by atoms with Gasteiger partial charge >= 0.3 is 5.97 Å². The van der Waals surface area contributed by atoms with Gasteiger partial charge in [-0.25, -0.2) is 4.79 Å². The summed E-state index contributed by atoms with van der Waals surface area (Å²) in [5.74, 6) is 1.22. The second kappa shape index (κ2) is 11.5. The maximum absolute atomic E-state index is 12.2. The Balaban J connectivity index is 1.63. The molecule has 2 aromatic carbocycles. The Morgan fingerprint density at radius 3 is 2.44 bits per heavy atom. The van der Waals surface area contributed by atoms with Gasteiger partial charge in [-0.3, -0.25) is 4.79 Å². The Hall–Kier alpha value is -3.08. The predicted molar refractivity (Wildman–Crippen MR) is 126 cm³/mol. The lowest BCUT2D eigenvalue weighted by atomic mass is 10.0. The Kier molecular flexibility index (Phi) is 8.48. The molecule has 0 spiro atoms. The van der Waals surface area contributed by atoms with Crippen molar-refractivity contribution in [1.29, 1.82) is 0 Å². The number of carboxylic acids is 1. The van der Waals surface area contributed by atoms with Crippen LogP contribution in [-0.2, 0) is 16.0 Å². The summed E-state index contributed by atoms with van der Waals surface area (Å²) in [6.07, 6.45) is 8.40. The van der Waals surface area contributed by atoms with Crippen LogP contribution in [0.2, 0.25) is 0 Å². The number of carbonyl (C=O) groups is 2. The number of para-hydroxylation sites is 1. The van der Waals surface area contributed by atoms with Crippen molar-refractivity contribution < 1.29 is 19.4 Å². The molecule has 1 aliphatic carbocycles. The SMILES string of the molecule is CC(C)Cc1ccccc1Oc1ccc(C=C(NC(=O)CCC2CCCC2)C(=O)O)cc1. The molecule has 1 fully saturated rings. The van der Waals surface area contributed by atoms with Crippen LogP contribution in [0.4, 0.5) is 0 Å². The van der Waals surface area contributed by atoms with E-state index in [1.165, 1.54) is 31.8 Å². The number of aliphatic carboxylic acids is 1. The maximum Gasteiger partial charge on any atom is 0.352 e. The smallest absolute Gasteiger partial charge is 0.352 e. The Bertz CT molecular complexity index is 940. The van der Waals surface area contributed by atoms with Crippen molar-refractivity contribution in [3.63, 3.8) is 0 Å². The molecule has 0 unspecified atom stereocenters. The molecule has 0 aromatic heterocycles. The highest BCUT2D eigenvalue weighted by atomic mass is 16.5. The van der Waals surface area contributed by atoms with Gasteiger partial charge in [-0.15, -0.1) is 0 Å². The normalized spacial score (nSPS) is 14.5. The van der Waals surface area contributed by atoms with Gasteiger partial charge in [0.05, 0.1) is 0 Å². The summed E-state index contributed by atoms with van der Waals surface area (Å²) in [6.45, 7) is 4.34. The number of ether oxygens (including phenoxy) is 1. The standard InChI is InChI=1S/C27H33NO4/c1-19(2)17-22-9-5-6-10-25(22)32-23-14-11-21(12-15-23)18-24(27(30)31)28-26(29)16-13-20-7-3-4-8-20/h5-6,9-12,14-15,18-20H,3-4,7-8,13,16-17H2,1-2H3,(H,28,29)(H,30,31). The Morgan fingerprint density at radius 2 is 1.78 bits per heavy atom. The van der Waals surface area contributed by atoms with Crippen molar-refractivity contribution in [3.05, 3.63) is 65.4 Å². The highest BCUT2D eigenvalue weighted by Crippen LogP contribution is 2.29. The first kappa shape index (κ1) is 23.6. The van der Waals surface area contributed by atoms with Gasteiger partial charge in [-0.2, -0.15) is 0 Å². The number of benzene rings is 2. The number of rotatable bonds is 10. The molecule has 5 nitrogen and oxygen atoms in total. The molecule has 5 heteroatoms. The van der Waals surface area contributed by atoms with Crippen LogP contribution in [0, 0.1) is 11.8 Å². The number of carbonyl (C=O) groups excluding carboxylic acids is 1. The van der Waals surface area contributed by atoms with Crippen molar-refractivity contribution >= 4 is 18.0 Å². The van der Waals surface area contributed by atoms with Crippen molar-refractivity contribution in [3.8, 4) is 11.5 Å². The maximum atomic E-state index is 12.2. The first-order valence-corrected chi connectivity index (χ1v) is 11.5. The topological polar surface area (TPSA) is 75.6 Å². The molecule has 0 radical (unpaired) electrons. The van der Waals surface area contributed by atoms with Gasteiger partial charge in [0.15, 0.2) is 0 Å². The average molecular weight is 436 g/mol. The fourth-order valence-electron chi connectivity index (χ4n) is 4.14. The van der Waals surface area contributed by atoms with Crippen molar-refractivity contribution in [1.82, 2.24) is 5.32 Å². The van der Waals surface area contributed by atoms with E-state index in [1.807, 2.05) is 18.2 Å². The first-order chi connectivity index (χ1) is 15.4. The summed E-state index contributed by atoms with van der Waals surface area (Å²) in [7, 11) is 0. The summed E-state index contributed by atoms with van der Waals surface area (Å²) >= 11 is 0. The van der Waals surface area contributed by atoms with E-state index in [4.69, 9.17) is 4.74 Å². The van der Waals surface area contributed by atoms with E-state index in [1.54, 1.807) is 24.3 Å². The molecule has 0 saturated heterocycles. The van der Waals surface area contributed by atoms with Gasteiger partial charge in [0.25, 0.3) is 0 Å². The van der Waals surface area contributed by atoms with Crippen LogP contribution in [0.1, 0.15) is 63.5 Å². The van der Waals surface area contributed by atoms with Crippen molar-refractivity contribution in [2.75, 3.05) is 0 Å². The molecule has 0 heterocycles. The monoisotopic (exact) mass is 435 g/mol.